The van der Waals surface area contributed by atoms with Crippen molar-refractivity contribution in [3.05, 3.63) is 63.9 Å². The van der Waals surface area contributed by atoms with Gasteiger partial charge in [0.1, 0.15) is 18.2 Å². The van der Waals surface area contributed by atoms with Crippen LogP contribution < -0.4 is 10.1 Å². The van der Waals surface area contributed by atoms with Gasteiger partial charge in [0.05, 0.1) is 12.1 Å². The van der Waals surface area contributed by atoms with E-state index in [-0.39, 0.29) is 23.7 Å². The number of rotatable bonds is 5. The molecule has 0 fully saturated rings. The molecule has 0 unspecified atom stereocenters. The van der Waals surface area contributed by atoms with Crippen molar-refractivity contribution in [2.45, 2.75) is 0 Å². The summed E-state index contributed by atoms with van der Waals surface area (Å²) in [6.45, 7) is 0.520. The molecule has 0 bridgehead atoms. The predicted molar refractivity (Wildman–Crippen MR) is 80.7 cm³/mol. The zero-order chi connectivity index (χ0) is 15.2. The number of ether oxygens (including phenoxy) is 1. The molecule has 1 amide bonds. The SMILES string of the molecule is O=C(NCCOc1ccc(Cl)cc1)c1ccc(Cl)cc1F. The van der Waals surface area contributed by atoms with Gasteiger partial charge in [0.2, 0.25) is 0 Å². The molecule has 0 aliphatic heterocycles. The average molecular weight is 328 g/mol. The highest BCUT2D eigenvalue weighted by Gasteiger charge is 2.11. The van der Waals surface area contributed by atoms with Crippen LogP contribution in [-0.2, 0) is 0 Å². The lowest BCUT2D eigenvalue weighted by atomic mass is 10.2. The lowest BCUT2D eigenvalue weighted by Crippen LogP contribution is -2.28. The van der Waals surface area contributed by atoms with E-state index in [0.717, 1.165) is 6.07 Å². The molecule has 0 spiro atoms. The maximum atomic E-state index is 13.5. The second-order valence-electron chi connectivity index (χ2n) is 4.18. The number of benzene rings is 2. The summed E-state index contributed by atoms with van der Waals surface area (Å²) in [6.07, 6.45) is 0. The fourth-order valence-electron chi connectivity index (χ4n) is 1.63. The first-order valence-electron chi connectivity index (χ1n) is 6.18. The summed E-state index contributed by atoms with van der Waals surface area (Å²) < 4.78 is 18.9. The molecule has 1 N–H and O–H groups in total. The molecule has 0 saturated heterocycles. The first-order valence-corrected chi connectivity index (χ1v) is 6.93. The van der Waals surface area contributed by atoms with Gasteiger partial charge in [-0.1, -0.05) is 23.2 Å². The number of hydrogen-bond acceptors (Lipinski definition) is 2. The molecule has 0 heterocycles. The van der Waals surface area contributed by atoms with Crippen molar-refractivity contribution in [1.82, 2.24) is 5.32 Å². The van der Waals surface area contributed by atoms with E-state index in [0.29, 0.717) is 10.8 Å². The monoisotopic (exact) mass is 327 g/mol. The summed E-state index contributed by atoms with van der Waals surface area (Å²) in [5.41, 5.74) is -0.0501. The lowest BCUT2D eigenvalue weighted by molar-refractivity contribution is 0.0943. The van der Waals surface area contributed by atoms with Gasteiger partial charge in [0.15, 0.2) is 0 Å². The highest BCUT2D eigenvalue weighted by molar-refractivity contribution is 6.30. The van der Waals surface area contributed by atoms with Crippen molar-refractivity contribution in [2.24, 2.45) is 0 Å². The molecule has 0 aromatic heterocycles. The second-order valence-corrected chi connectivity index (χ2v) is 5.06. The topological polar surface area (TPSA) is 38.3 Å². The molecular weight excluding hydrogens is 316 g/mol. The maximum absolute atomic E-state index is 13.5. The number of halogens is 3. The molecule has 21 heavy (non-hydrogen) atoms. The minimum absolute atomic E-state index is 0.0501. The molecule has 0 atom stereocenters. The summed E-state index contributed by atoms with van der Waals surface area (Å²) in [4.78, 5) is 11.8. The second kappa shape index (κ2) is 7.29. The van der Waals surface area contributed by atoms with Gasteiger partial charge < -0.3 is 10.1 Å². The number of carbonyl (C=O) groups excluding carboxylic acids is 1. The third-order valence-electron chi connectivity index (χ3n) is 2.65. The van der Waals surface area contributed by atoms with Crippen LogP contribution in [0.2, 0.25) is 10.0 Å². The minimum Gasteiger partial charge on any atom is -0.492 e. The van der Waals surface area contributed by atoms with Crippen LogP contribution in [-0.4, -0.2) is 19.1 Å². The first kappa shape index (κ1) is 15.6. The Hall–Kier alpha value is -1.78. The van der Waals surface area contributed by atoms with Gasteiger partial charge in [-0.15, -0.1) is 0 Å². The Morgan fingerprint density at radius 3 is 2.43 bits per heavy atom. The fraction of sp³-hybridized carbons (Fsp3) is 0.133. The van der Waals surface area contributed by atoms with Crippen LogP contribution >= 0.6 is 23.2 Å². The molecule has 0 saturated carbocycles. The maximum Gasteiger partial charge on any atom is 0.254 e. The Bertz CT molecular complexity index is 632. The Kier molecular flexibility index (Phi) is 5.42. The van der Waals surface area contributed by atoms with E-state index in [1.165, 1.54) is 12.1 Å². The van der Waals surface area contributed by atoms with Crippen molar-refractivity contribution >= 4 is 29.1 Å². The summed E-state index contributed by atoms with van der Waals surface area (Å²) in [5.74, 6) is -0.520. The zero-order valence-corrected chi connectivity index (χ0v) is 12.4. The first-order chi connectivity index (χ1) is 10.1. The highest BCUT2D eigenvalue weighted by Crippen LogP contribution is 2.16. The third kappa shape index (κ3) is 4.62. The van der Waals surface area contributed by atoms with Crippen LogP contribution in [0.15, 0.2) is 42.5 Å². The van der Waals surface area contributed by atoms with Crippen LogP contribution in [0.1, 0.15) is 10.4 Å². The molecule has 6 heteroatoms. The predicted octanol–water partition coefficient (Wildman–Crippen LogP) is 3.94. The standard InChI is InChI=1S/C15H12Cl2FNO2/c16-10-1-4-12(5-2-10)21-8-7-19-15(20)13-6-3-11(17)9-14(13)18/h1-6,9H,7-8H2,(H,19,20). The van der Waals surface area contributed by atoms with Gasteiger partial charge in [-0.3, -0.25) is 4.79 Å². The van der Waals surface area contributed by atoms with Crippen LogP contribution in [0.4, 0.5) is 4.39 Å². The van der Waals surface area contributed by atoms with Gasteiger partial charge in [-0.2, -0.15) is 0 Å². The van der Waals surface area contributed by atoms with E-state index in [9.17, 15) is 9.18 Å². The fourth-order valence-corrected chi connectivity index (χ4v) is 1.92. The largest absolute Gasteiger partial charge is 0.492 e. The molecule has 0 aliphatic carbocycles. The third-order valence-corrected chi connectivity index (χ3v) is 3.13. The van der Waals surface area contributed by atoms with E-state index in [1.807, 2.05) is 0 Å². The van der Waals surface area contributed by atoms with Crippen LogP contribution in [0.25, 0.3) is 0 Å². The highest BCUT2D eigenvalue weighted by atomic mass is 35.5. The van der Waals surface area contributed by atoms with Gasteiger partial charge >= 0.3 is 0 Å². The number of carbonyl (C=O) groups is 1. The molecule has 0 radical (unpaired) electrons. The molecule has 110 valence electrons. The smallest absolute Gasteiger partial charge is 0.254 e. The van der Waals surface area contributed by atoms with Crippen molar-refractivity contribution in [3.8, 4) is 5.75 Å². The Morgan fingerprint density at radius 2 is 1.76 bits per heavy atom. The molecule has 2 aromatic rings. The van der Waals surface area contributed by atoms with Crippen LogP contribution in [0, 0.1) is 5.82 Å². The number of nitrogens with one attached hydrogen (secondary N) is 1. The number of amides is 1. The molecule has 2 rings (SSSR count). The van der Waals surface area contributed by atoms with E-state index in [1.54, 1.807) is 24.3 Å². The average Bonchev–Trinajstić information content (AvgIpc) is 2.45. The Morgan fingerprint density at radius 1 is 1.10 bits per heavy atom. The molecule has 3 nitrogen and oxygen atoms in total. The van der Waals surface area contributed by atoms with E-state index in [2.05, 4.69) is 5.32 Å². The Labute approximate surface area is 131 Å². The van der Waals surface area contributed by atoms with Crippen LogP contribution in [0.3, 0.4) is 0 Å². The molecule has 2 aromatic carbocycles. The lowest BCUT2D eigenvalue weighted by Gasteiger charge is -2.08. The Balaban J connectivity index is 1.80. The van der Waals surface area contributed by atoms with E-state index in [4.69, 9.17) is 27.9 Å². The van der Waals surface area contributed by atoms with Crippen LogP contribution in [0.5, 0.6) is 5.75 Å². The summed E-state index contributed by atoms with van der Waals surface area (Å²) in [7, 11) is 0. The molecule has 0 aliphatic rings. The van der Waals surface area contributed by atoms with Gasteiger partial charge in [0, 0.05) is 10.0 Å². The van der Waals surface area contributed by atoms with Crippen molar-refractivity contribution in [3.63, 3.8) is 0 Å². The van der Waals surface area contributed by atoms with Crippen molar-refractivity contribution < 1.29 is 13.9 Å². The normalized spacial score (nSPS) is 10.2. The quantitative estimate of drug-likeness (QED) is 0.844. The summed E-state index contributed by atoms with van der Waals surface area (Å²) in [6, 6.07) is 10.8. The van der Waals surface area contributed by atoms with E-state index < -0.39 is 11.7 Å². The van der Waals surface area contributed by atoms with Gasteiger partial charge in [-0.25, -0.2) is 4.39 Å². The molecular formula is C15H12Cl2FNO2. The summed E-state index contributed by atoms with van der Waals surface area (Å²) >= 11 is 11.4. The van der Waals surface area contributed by atoms with E-state index >= 15 is 0 Å². The van der Waals surface area contributed by atoms with Crippen molar-refractivity contribution in [1.29, 1.82) is 0 Å². The minimum atomic E-state index is -0.654. The van der Waals surface area contributed by atoms with Gasteiger partial charge in [-0.05, 0) is 42.5 Å². The van der Waals surface area contributed by atoms with Crippen molar-refractivity contribution in [2.75, 3.05) is 13.2 Å². The van der Waals surface area contributed by atoms with Gasteiger partial charge in [0.25, 0.3) is 5.91 Å². The summed E-state index contributed by atoms with van der Waals surface area (Å²) in [5, 5.41) is 3.43. The number of hydrogen-bond donors (Lipinski definition) is 1. The zero-order valence-electron chi connectivity index (χ0n) is 10.9.